The molecule has 0 atom stereocenters. The van der Waals surface area contributed by atoms with Crippen LogP contribution < -0.4 is 5.73 Å². The van der Waals surface area contributed by atoms with E-state index < -0.39 is 0 Å². The van der Waals surface area contributed by atoms with Gasteiger partial charge < -0.3 is 10.2 Å². The maximum atomic E-state index is 5.42. The largest absolute Gasteiger partial charge is 0.472 e. The van der Waals surface area contributed by atoms with Crippen molar-refractivity contribution in [2.24, 2.45) is 5.73 Å². The first-order chi connectivity index (χ1) is 6.90. The molecule has 0 aliphatic rings. The lowest BCUT2D eigenvalue weighted by Gasteiger charge is -1.98. The van der Waals surface area contributed by atoms with Crippen molar-refractivity contribution in [2.75, 3.05) is 6.54 Å². The lowest BCUT2D eigenvalue weighted by Crippen LogP contribution is -2.03. The Morgan fingerprint density at radius 3 is 2.64 bits per heavy atom. The van der Waals surface area contributed by atoms with E-state index in [1.165, 1.54) is 0 Å². The van der Waals surface area contributed by atoms with Crippen molar-refractivity contribution >= 4 is 0 Å². The van der Waals surface area contributed by atoms with Gasteiger partial charge in [-0.2, -0.15) is 0 Å². The minimum atomic E-state index is 0.619. The molecule has 0 spiro atoms. The standard InChI is InChI=1S/C10H11N3O/c11-3-1-8-5-12-10(13-6-8)9-2-4-14-7-9/h2,4-7H,1,3,11H2. The van der Waals surface area contributed by atoms with Crippen LogP contribution in [0.4, 0.5) is 0 Å². The Morgan fingerprint density at radius 2 is 2.07 bits per heavy atom. The Balaban J connectivity index is 2.22. The van der Waals surface area contributed by atoms with Crippen molar-refractivity contribution in [3.05, 3.63) is 36.5 Å². The molecule has 0 aliphatic carbocycles. The van der Waals surface area contributed by atoms with Gasteiger partial charge in [-0.1, -0.05) is 0 Å². The molecule has 2 heterocycles. The monoisotopic (exact) mass is 189 g/mol. The summed E-state index contributed by atoms with van der Waals surface area (Å²) >= 11 is 0. The topological polar surface area (TPSA) is 64.9 Å². The molecule has 4 heteroatoms. The molecule has 72 valence electrons. The van der Waals surface area contributed by atoms with E-state index in [1.807, 2.05) is 6.07 Å². The van der Waals surface area contributed by atoms with Crippen LogP contribution in [0.25, 0.3) is 11.4 Å². The quantitative estimate of drug-likeness (QED) is 0.788. The second-order valence-electron chi connectivity index (χ2n) is 2.97. The van der Waals surface area contributed by atoms with E-state index >= 15 is 0 Å². The summed E-state index contributed by atoms with van der Waals surface area (Å²) in [7, 11) is 0. The number of aromatic nitrogens is 2. The number of hydrogen-bond acceptors (Lipinski definition) is 4. The molecule has 0 radical (unpaired) electrons. The molecule has 2 aromatic rings. The van der Waals surface area contributed by atoms with E-state index in [0.29, 0.717) is 12.4 Å². The Hall–Kier alpha value is -1.68. The maximum absolute atomic E-state index is 5.42. The van der Waals surface area contributed by atoms with Crippen LogP contribution in [0.1, 0.15) is 5.56 Å². The van der Waals surface area contributed by atoms with Gasteiger partial charge in [-0.25, -0.2) is 9.97 Å². The van der Waals surface area contributed by atoms with E-state index in [0.717, 1.165) is 17.5 Å². The van der Waals surface area contributed by atoms with Crippen LogP contribution in [-0.2, 0) is 6.42 Å². The lowest BCUT2D eigenvalue weighted by atomic mass is 10.2. The number of furan rings is 1. The van der Waals surface area contributed by atoms with Crippen molar-refractivity contribution in [1.29, 1.82) is 0 Å². The zero-order valence-corrected chi connectivity index (χ0v) is 7.68. The molecule has 14 heavy (non-hydrogen) atoms. The molecule has 0 fully saturated rings. The van der Waals surface area contributed by atoms with Crippen LogP contribution in [0.3, 0.4) is 0 Å². The van der Waals surface area contributed by atoms with Gasteiger partial charge in [0.1, 0.15) is 6.26 Å². The van der Waals surface area contributed by atoms with Crippen molar-refractivity contribution in [3.63, 3.8) is 0 Å². The molecular weight excluding hydrogens is 178 g/mol. The van der Waals surface area contributed by atoms with Gasteiger partial charge >= 0.3 is 0 Å². The summed E-state index contributed by atoms with van der Waals surface area (Å²) in [5.41, 5.74) is 7.37. The lowest BCUT2D eigenvalue weighted by molar-refractivity contribution is 0.568. The van der Waals surface area contributed by atoms with Crippen LogP contribution in [0.15, 0.2) is 35.4 Å². The van der Waals surface area contributed by atoms with Gasteiger partial charge in [0.15, 0.2) is 5.82 Å². The number of nitrogens with two attached hydrogens (primary N) is 1. The predicted molar refractivity (Wildman–Crippen MR) is 52.5 cm³/mol. The predicted octanol–water partition coefficient (Wildman–Crippen LogP) is 1.24. The summed E-state index contributed by atoms with van der Waals surface area (Å²) in [5.74, 6) is 0.680. The van der Waals surface area contributed by atoms with Crippen molar-refractivity contribution < 1.29 is 4.42 Å². The Labute approximate surface area is 81.8 Å². The smallest absolute Gasteiger partial charge is 0.162 e. The van der Waals surface area contributed by atoms with E-state index in [9.17, 15) is 0 Å². The van der Waals surface area contributed by atoms with Gasteiger partial charge in [0.2, 0.25) is 0 Å². The van der Waals surface area contributed by atoms with Crippen molar-refractivity contribution in [1.82, 2.24) is 9.97 Å². The second-order valence-corrected chi connectivity index (χ2v) is 2.97. The first-order valence-electron chi connectivity index (χ1n) is 4.43. The van der Waals surface area contributed by atoms with Crippen LogP contribution in [0.2, 0.25) is 0 Å². The maximum Gasteiger partial charge on any atom is 0.162 e. The third kappa shape index (κ3) is 1.80. The highest BCUT2D eigenvalue weighted by Crippen LogP contribution is 2.13. The number of hydrogen-bond donors (Lipinski definition) is 1. The zero-order valence-electron chi connectivity index (χ0n) is 7.68. The molecule has 0 aliphatic heterocycles. The second kappa shape index (κ2) is 4.02. The van der Waals surface area contributed by atoms with Crippen LogP contribution in [-0.4, -0.2) is 16.5 Å². The highest BCUT2D eigenvalue weighted by molar-refractivity contribution is 5.51. The molecule has 0 saturated heterocycles. The minimum Gasteiger partial charge on any atom is -0.472 e. The van der Waals surface area contributed by atoms with Gasteiger partial charge in [-0.15, -0.1) is 0 Å². The molecule has 2 N–H and O–H groups in total. The average Bonchev–Trinajstić information content (AvgIpc) is 2.72. The molecule has 2 aromatic heterocycles. The minimum absolute atomic E-state index is 0.619. The van der Waals surface area contributed by atoms with E-state index in [4.69, 9.17) is 10.2 Å². The summed E-state index contributed by atoms with van der Waals surface area (Å²) in [6, 6.07) is 1.83. The SMILES string of the molecule is NCCc1cnc(-c2ccoc2)nc1. The third-order valence-corrected chi connectivity index (χ3v) is 1.92. The zero-order chi connectivity index (χ0) is 9.80. The molecule has 0 amide bonds. The highest BCUT2D eigenvalue weighted by atomic mass is 16.3. The van der Waals surface area contributed by atoms with E-state index in [-0.39, 0.29) is 0 Å². The van der Waals surface area contributed by atoms with Crippen molar-refractivity contribution in [2.45, 2.75) is 6.42 Å². The van der Waals surface area contributed by atoms with Crippen LogP contribution in [0, 0.1) is 0 Å². The van der Waals surface area contributed by atoms with Gasteiger partial charge in [0, 0.05) is 12.4 Å². The summed E-state index contributed by atoms with van der Waals surface area (Å²) in [5, 5.41) is 0. The molecular formula is C10H11N3O. The fraction of sp³-hybridized carbons (Fsp3) is 0.200. The van der Waals surface area contributed by atoms with Gasteiger partial charge in [0.05, 0.1) is 11.8 Å². The molecule has 0 saturated carbocycles. The fourth-order valence-corrected chi connectivity index (χ4v) is 1.19. The van der Waals surface area contributed by atoms with Crippen LogP contribution >= 0.6 is 0 Å². The molecule has 0 aromatic carbocycles. The first-order valence-corrected chi connectivity index (χ1v) is 4.43. The normalized spacial score (nSPS) is 10.4. The highest BCUT2D eigenvalue weighted by Gasteiger charge is 2.01. The van der Waals surface area contributed by atoms with Gasteiger partial charge in [-0.3, -0.25) is 0 Å². The van der Waals surface area contributed by atoms with Gasteiger partial charge in [0.25, 0.3) is 0 Å². The summed E-state index contributed by atoms with van der Waals surface area (Å²) in [4.78, 5) is 8.43. The summed E-state index contributed by atoms with van der Waals surface area (Å²) in [6.45, 7) is 0.619. The fourth-order valence-electron chi connectivity index (χ4n) is 1.19. The summed E-state index contributed by atoms with van der Waals surface area (Å²) in [6.07, 6.45) is 7.63. The van der Waals surface area contributed by atoms with E-state index in [2.05, 4.69) is 9.97 Å². The average molecular weight is 189 g/mol. The number of rotatable bonds is 3. The van der Waals surface area contributed by atoms with Crippen molar-refractivity contribution in [3.8, 4) is 11.4 Å². The van der Waals surface area contributed by atoms with Gasteiger partial charge in [-0.05, 0) is 24.6 Å². The Bertz CT molecular complexity index is 380. The van der Waals surface area contributed by atoms with Crippen LogP contribution in [0.5, 0.6) is 0 Å². The molecule has 4 nitrogen and oxygen atoms in total. The summed E-state index contributed by atoms with van der Waals surface area (Å²) < 4.78 is 4.95. The third-order valence-electron chi connectivity index (χ3n) is 1.92. The molecule has 2 rings (SSSR count). The Kier molecular flexibility index (Phi) is 2.55. The van der Waals surface area contributed by atoms with E-state index in [1.54, 1.807) is 24.9 Å². The Morgan fingerprint density at radius 1 is 1.29 bits per heavy atom. The number of nitrogens with zero attached hydrogens (tertiary/aromatic N) is 2. The molecule has 0 unspecified atom stereocenters. The first kappa shape index (κ1) is 8.90. The molecule has 0 bridgehead atoms.